The Kier molecular flexibility index (Phi) is 51.6. The minimum absolute atomic E-state index is 0. The number of unbranched alkanes of at least 4 members (excludes halogenated alkanes) is 24. The molecule has 7 unspecified atom stereocenters. The summed E-state index contributed by atoms with van der Waals surface area (Å²) in [7, 11) is 0. The Morgan fingerprint density at radius 1 is 0.418 bits per heavy atom. The molecule has 13 nitrogen and oxygen atoms in total. The van der Waals surface area contributed by atoms with Crippen LogP contribution < -0.4 is 45.5 Å². The fourth-order valence-corrected chi connectivity index (χ4v) is 17.7. The molecule has 0 aromatic carbocycles. The van der Waals surface area contributed by atoms with E-state index in [1.807, 2.05) is 0 Å². The van der Waals surface area contributed by atoms with Crippen LogP contribution in [0, 0.1) is 29.6 Å². The number of amides is 3. The second-order valence-corrected chi connectivity index (χ2v) is 35.0. The Labute approximate surface area is 652 Å². The molecule has 0 aliphatic heterocycles. The summed E-state index contributed by atoms with van der Waals surface area (Å²) in [6.07, 6.45) is 43.2. The predicted octanol–water partition coefficient (Wildman–Crippen LogP) is 18.4. The summed E-state index contributed by atoms with van der Waals surface area (Å²) >= 11 is 13.9. The zero-order valence-electron chi connectivity index (χ0n) is 62.2. The van der Waals surface area contributed by atoms with E-state index in [-0.39, 0.29) is 64.1 Å². The predicted molar refractivity (Wildman–Crippen MR) is 414 cm³/mol. The van der Waals surface area contributed by atoms with E-state index in [1.165, 1.54) is 140 Å². The van der Waals surface area contributed by atoms with Gasteiger partial charge in [0, 0.05) is 67.9 Å². The van der Waals surface area contributed by atoms with Crippen LogP contribution in [0.4, 0.5) is 0 Å². The maximum absolute atomic E-state index is 14.5. The average Bonchev–Trinajstić information content (AvgIpc) is 1.30. The molecule has 3 aromatic rings. The normalized spacial score (nSPS) is 16.8. The van der Waals surface area contributed by atoms with Crippen LogP contribution in [0.15, 0.2) is 47.8 Å². The van der Waals surface area contributed by atoms with Crippen LogP contribution >= 0.6 is 81.8 Å². The van der Waals surface area contributed by atoms with Gasteiger partial charge in [0.05, 0.1) is 28.1 Å². The smallest absolute Gasteiger partial charge is 1.00 e. The molecule has 3 heterocycles. The summed E-state index contributed by atoms with van der Waals surface area (Å²) in [5.41, 5.74) is -4.62. The molecule has 3 aromatic heterocycles. The summed E-state index contributed by atoms with van der Waals surface area (Å²) in [6.45, 7) is 14.7. The van der Waals surface area contributed by atoms with Crippen molar-refractivity contribution in [3.63, 3.8) is 0 Å². The molecule has 0 bridgehead atoms. The summed E-state index contributed by atoms with van der Waals surface area (Å²) < 4.78 is 2.23. The molecule has 7 atom stereocenters. The van der Waals surface area contributed by atoms with Gasteiger partial charge in [0.15, 0.2) is 11.2 Å². The first-order valence-corrected chi connectivity index (χ1v) is 42.8. The first-order chi connectivity index (χ1) is 46.7. The van der Waals surface area contributed by atoms with E-state index < -0.39 is 71.0 Å². The molecule has 0 spiro atoms. The van der Waals surface area contributed by atoms with Gasteiger partial charge < -0.3 is 27.6 Å². The average molecular weight is 1620 g/mol. The third-order valence-corrected chi connectivity index (χ3v) is 24.6. The van der Waals surface area contributed by atoms with Gasteiger partial charge in [0.25, 0.3) is 23.5 Å². The van der Waals surface area contributed by atoms with Crippen molar-refractivity contribution in [2.24, 2.45) is 29.6 Å². The van der Waals surface area contributed by atoms with Gasteiger partial charge in [0.1, 0.15) is 23.1 Å². The number of rotatable bonds is 50. The fourth-order valence-electron chi connectivity index (χ4n) is 13.3. The Balaban J connectivity index is 0.00000109. The molecular weight excluding hydrogens is 1500 g/mol. The second kappa shape index (κ2) is 54.8. The van der Waals surface area contributed by atoms with Gasteiger partial charge in [0.2, 0.25) is 0 Å². The monoisotopic (exact) mass is 1620 g/mol. The zero-order chi connectivity index (χ0) is 71.3. The van der Waals surface area contributed by atoms with E-state index in [1.54, 1.807) is 36.4 Å². The molecule has 98 heavy (non-hydrogen) atoms. The van der Waals surface area contributed by atoms with E-state index in [4.69, 9.17) is 0 Å². The number of hydrogen-bond donors (Lipinski definition) is 5. The van der Waals surface area contributed by atoms with E-state index in [0.29, 0.717) is 63.7 Å². The molecule has 2 aliphatic carbocycles. The van der Waals surface area contributed by atoms with Crippen molar-refractivity contribution in [1.82, 2.24) is 16.0 Å². The van der Waals surface area contributed by atoms with Gasteiger partial charge in [-0.25, -0.2) is 0 Å². The number of carbonyl (C=O) groups is 8. The molecule has 5 N–H and O–H groups in total. The molecule has 3 amide bonds. The third kappa shape index (κ3) is 35.3. The maximum Gasteiger partial charge on any atom is 1.00 e. The Bertz CT molecular complexity index is 2600. The van der Waals surface area contributed by atoms with Crippen molar-refractivity contribution in [1.29, 1.82) is 0 Å². The van der Waals surface area contributed by atoms with Gasteiger partial charge in [-0.1, -0.05) is 234 Å². The number of hydrogen-bond acceptors (Lipinski definition) is 13. The van der Waals surface area contributed by atoms with Crippen molar-refractivity contribution in [2.75, 3.05) is 19.6 Å². The maximum atomic E-state index is 14.5. The minimum atomic E-state index is -2.31. The summed E-state index contributed by atoms with van der Waals surface area (Å²) in [5.74, 6) is -4.67. The molecular formula is C78H125Br3N3NaO10S3. The minimum Gasteiger partial charge on any atom is -1.00 e. The van der Waals surface area contributed by atoms with E-state index >= 15 is 0 Å². The zero-order valence-corrected chi connectivity index (χ0v) is 70.4. The molecule has 552 valence electrons. The molecule has 5 rings (SSSR count). The second-order valence-electron chi connectivity index (χ2n) is 27.6. The summed E-state index contributed by atoms with van der Waals surface area (Å²) in [6, 6.07) is 10.2. The molecule has 2 fully saturated rings. The largest absolute Gasteiger partial charge is 1.00 e. The Morgan fingerprint density at radius 3 is 0.959 bits per heavy atom. The van der Waals surface area contributed by atoms with Crippen LogP contribution in [0.3, 0.4) is 0 Å². The molecule has 0 radical (unpaired) electrons. The number of thiophene rings is 3. The van der Waals surface area contributed by atoms with Crippen molar-refractivity contribution in [2.45, 2.75) is 322 Å². The Hall–Kier alpha value is -1.78. The molecule has 0 saturated heterocycles. The standard InChI is InChI=1S/C50H80Br2N2O6S2.C22H36BrNO2S.C6H8O2.Na.H/c1-5-9-13-17-19-23-27-37(25-21-15-11-7-3)35-53-47(57)49(59,43-29-31-45(51)61-43)39-33-42(56)40(34-41(39)55)50(60,44-30-32-46(52)62-44)48(58)54-36-38(26-22-16-12-8-4)28-24-20-18-14-10-6-2;1-3-5-7-9-10-12-14-18(13-11-8-6-4-2)17-24-22(26)21(25)19-15-16-20(23)27-19;7-5-1-2-6(8)4-3-5;;/h29-32,37-40,59-60H,5-28,33-36H2,1-4H3,(H,53,57)(H,54,58);15-16,18H,3-14,17H2,1-2H3,(H,24,26);1-4H2;;/q;;;+1;-1. The third-order valence-electron chi connectivity index (χ3n) is 19.5. The SMILES string of the molecule is CCCCCCCCC(CCCCCC)CNC(=O)C(=O)c1ccc(Br)s1.CCCCCCCCC(CCCCCC)CNC(=O)C(O)(c1ccc(Br)s1)C1CC(=O)C(C(O)(C(=O)NCC(CCCCCC)CCCCCCCC)c2ccc(Br)s2)CC1=O.O=C1CCC(=O)CC1.[H-].[Na+]. The number of halogens is 3. The first kappa shape index (κ1) is 92.3. The van der Waals surface area contributed by atoms with Crippen LogP contribution in [0.25, 0.3) is 0 Å². The Morgan fingerprint density at radius 2 is 0.684 bits per heavy atom. The van der Waals surface area contributed by atoms with Crippen LogP contribution in [-0.4, -0.2) is 76.5 Å². The van der Waals surface area contributed by atoms with E-state index in [9.17, 15) is 48.6 Å². The van der Waals surface area contributed by atoms with Gasteiger partial charge >= 0.3 is 29.6 Å². The topological polar surface area (TPSA) is 213 Å². The van der Waals surface area contributed by atoms with Crippen LogP contribution in [-0.2, 0) is 44.8 Å². The van der Waals surface area contributed by atoms with Crippen molar-refractivity contribution in [3.05, 3.63) is 62.4 Å². The number of carbonyl (C=O) groups excluding carboxylic acids is 8. The molecule has 2 aliphatic rings. The number of nitrogens with one attached hydrogen (secondary N) is 3. The quantitative estimate of drug-likeness (QED) is 0.0156. The van der Waals surface area contributed by atoms with Crippen LogP contribution in [0.1, 0.15) is 332 Å². The van der Waals surface area contributed by atoms with Crippen LogP contribution in [0.2, 0.25) is 0 Å². The van der Waals surface area contributed by atoms with Gasteiger partial charge in [-0.3, -0.25) is 38.4 Å². The summed E-state index contributed by atoms with van der Waals surface area (Å²) in [4.78, 5) is 104. The summed E-state index contributed by atoms with van der Waals surface area (Å²) in [5, 5.41) is 34.2. The van der Waals surface area contributed by atoms with E-state index in [2.05, 4.69) is 105 Å². The molecule has 20 heteroatoms. The number of ketones is 5. The van der Waals surface area contributed by atoms with Crippen LogP contribution in [0.5, 0.6) is 0 Å². The fraction of sp³-hybridized carbons (Fsp3) is 0.744. The van der Waals surface area contributed by atoms with Gasteiger partial charge in [-0.15, -0.1) is 34.0 Å². The number of aliphatic hydroxyl groups is 2. The van der Waals surface area contributed by atoms with Crippen molar-refractivity contribution < 1.29 is 79.6 Å². The van der Waals surface area contributed by atoms with E-state index in [0.717, 1.165) is 129 Å². The van der Waals surface area contributed by atoms with Gasteiger partial charge in [-0.05, 0) is 140 Å². The van der Waals surface area contributed by atoms with Gasteiger partial charge in [-0.2, -0.15) is 0 Å². The van der Waals surface area contributed by atoms with Crippen molar-refractivity contribution >= 4 is 128 Å². The van der Waals surface area contributed by atoms with Crippen molar-refractivity contribution in [3.8, 4) is 0 Å². The number of Topliss-reactive ketones (excluding diaryl/α,β-unsaturated/α-hetero) is 5. The molecule has 2 saturated carbocycles. The first-order valence-electron chi connectivity index (χ1n) is 37.9.